The number of amides is 1. The van der Waals surface area contributed by atoms with E-state index in [2.05, 4.69) is 0 Å². The molecule has 1 N–H and O–H groups in total. The molecule has 3 nitrogen and oxygen atoms in total. The molecule has 15 heavy (non-hydrogen) atoms. The Bertz CT molecular complexity index is 442. The Morgan fingerprint density at radius 1 is 1.53 bits per heavy atom. The van der Waals surface area contributed by atoms with Crippen molar-refractivity contribution < 1.29 is 13.6 Å². The van der Waals surface area contributed by atoms with E-state index in [-0.39, 0.29) is 5.02 Å². The molecule has 0 aromatic heterocycles. The summed E-state index contributed by atoms with van der Waals surface area (Å²) in [5.74, 6) is -3.11. The highest BCUT2D eigenvalue weighted by molar-refractivity contribution is 6.33. The van der Waals surface area contributed by atoms with E-state index < -0.39 is 29.6 Å². The largest absolute Gasteiger partial charge is 0.321 e. The van der Waals surface area contributed by atoms with Gasteiger partial charge in [0.1, 0.15) is 6.42 Å². The molecule has 0 unspecified atom stereocenters. The minimum atomic E-state index is -1.24. The Hall–Kier alpha value is -1.67. The van der Waals surface area contributed by atoms with Crippen molar-refractivity contribution in [3.05, 3.63) is 28.8 Å². The monoisotopic (exact) mass is 230 g/mol. The summed E-state index contributed by atoms with van der Waals surface area (Å²) < 4.78 is 25.9. The molecule has 0 spiro atoms. The Kier molecular flexibility index (Phi) is 3.58. The van der Waals surface area contributed by atoms with Gasteiger partial charge in [-0.1, -0.05) is 11.6 Å². The van der Waals surface area contributed by atoms with Gasteiger partial charge in [-0.25, -0.2) is 8.78 Å². The van der Waals surface area contributed by atoms with Gasteiger partial charge in [0.2, 0.25) is 5.91 Å². The summed E-state index contributed by atoms with van der Waals surface area (Å²) in [5.41, 5.74) is -0.447. The molecule has 1 rings (SSSR count). The lowest BCUT2D eigenvalue weighted by atomic mass is 10.3. The van der Waals surface area contributed by atoms with Gasteiger partial charge in [0.15, 0.2) is 11.6 Å². The predicted octanol–water partition coefficient (Wildman–Crippen LogP) is 2.47. The quantitative estimate of drug-likeness (QED) is 0.794. The molecule has 0 saturated carbocycles. The summed E-state index contributed by atoms with van der Waals surface area (Å²) in [5, 5.41) is 10.1. The van der Waals surface area contributed by atoms with Gasteiger partial charge in [0.25, 0.3) is 0 Å². The first kappa shape index (κ1) is 11.4. The Balaban J connectivity index is 3.00. The molecule has 78 valence electrons. The fraction of sp³-hybridized carbons (Fsp3) is 0.111. The van der Waals surface area contributed by atoms with E-state index >= 15 is 0 Å². The highest BCUT2D eigenvalue weighted by atomic mass is 35.5. The maximum Gasteiger partial charge on any atom is 0.238 e. The van der Waals surface area contributed by atoms with E-state index in [0.717, 1.165) is 12.1 Å². The summed E-state index contributed by atoms with van der Waals surface area (Å²) in [6, 6.07) is 3.53. The molecule has 1 amide bonds. The number of nitrogens with one attached hydrogen (secondary N) is 1. The Morgan fingerprint density at radius 3 is 2.80 bits per heavy atom. The molecule has 0 aliphatic carbocycles. The van der Waals surface area contributed by atoms with Crippen LogP contribution in [0.2, 0.25) is 5.02 Å². The van der Waals surface area contributed by atoms with Crippen molar-refractivity contribution in [1.82, 2.24) is 0 Å². The van der Waals surface area contributed by atoms with Crippen molar-refractivity contribution in [2.45, 2.75) is 6.42 Å². The van der Waals surface area contributed by atoms with Crippen molar-refractivity contribution in [3.8, 4) is 6.07 Å². The molecule has 1 aromatic carbocycles. The predicted molar refractivity (Wildman–Crippen MR) is 50.2 cm³/mol. The van der Waals surface area contributed by atoms with E-state index in [9.17, 15) is 13.6 Å². The van der Waals surface area contributed by atoms with Crippen LogP contribution in [0.15, 0.2) is 12.1 Å². The first-order chi connectivity index (χ1) is 7.06. The van der Waals surface area contributed by atoms with Crippen molar-refractivity contribution in [1.29, 1.82) is 5.26 Å². The minimum Gasteiger partial charge on any atom is -0.321 e. The van der Waals surface area contributed by atoms with Gasteiger partial charge in [-0.15, -0.1) is 0 Å². The lowest BCUT2D eigenvalue weighted by molar-refractivity contribution is -0.115. The molecule has 0 aliphatic rings. The zero-order chi connectivity index (χ0) is 11.4. The molecule has 0 fully saturated rings. The summed E-state index contributed by atoms with van der Waals surface area (Å²) in [4.78, 5) is 10.9. The standard InChI is InChI=1S/C9H5ClF2N2O/c10-5-1-2-6(11)8(12)9(5)14-7(15)3-4-13/h1-2H,3H2,(H,14,15). The lowest BCUT2D eigenvalue weighted by Crippen LogP contribution is -2.12. The van der Waals surface area contributed by atoms with Gasteiger partial charge in [0, 0.05) is 0 Å². The maximum absolute atomic E-state index is 13.1. The van der Waals surface area contributed by atoms with Crippen LogP contribution in [0.1, 0.15) is 6.42 Å². The highest BCUT2D eigenvalue weighted by Gasteiger charge is 2.14. The minimum absolute atomic E-state index is 0.125. The third-order valence-electron chi connectivity index (χ3n) is 1.55. The van der Waals surface area contributed by atoms with Crippen LogP contribution in [-0.2, 0) is 4.79 Å². The fourth-order valence-electron chi connectivity index (χ4n) is 0.897. The zero-order valence-corrected chi connectivity index (χ0v) is 8.11. The van der Waals surface area contributed by atoms with Crippen molar-refractivity contribution in [3.63, 3.8) is 0 Å². The fourth-order valence-corrected chi connectivity index (χ4v) is 1.09. The average Bonchev–Trinajstić information content (AvgIpc) is 2.19. The van der Waals surface area contributed by atoms with E-state index in [1.807, 2.05) is 5.32 Å². The van der Waals surface area contributed by atoms with E-state index in [0.29, 0.717) is 0 Å². The number of benzene rings is 1. The third kappa shape index (κ3) is 2.64. The van der Waals surface area contributed by atoms with Crippen LogP contribution in [0, 0.1) is 23.0 Å². The molecule has 1 aromatic rings. The van der Waals surface area contributed by atoms with Crippen LogP contribution in [0.3, 0.4) is 0 Å². The third-order valence-corrected chi connectivity index (χ3v) is 1.86. The maximum atomic E-state index is 13.1. The van der Waals surface area contributed by atoms with Crippen LogP contribution in [-0.4, -0.2) is 5.91 Å². The lowest BCUT2D eigenvalue weighted by Gasteiger charge is -2.06. The molecule has 0 heterocycles. The van der Waals surface area contributed by atoms with E-state index in [4.69, 9.17) is 16.9 Å². The first-order valence-corrected chi connectivity index (χ1v) is 4.24. The van der Waals surface area contributed by atoms with E-state index in [1.54, 1.807) is 6.07 Å². The van der Waals surface area contributed by atoms with Crippen LogP contribution < -0.4 is 5.32 Å². The molecule has 0 aliphatic heterocycles. The number of nitriles is 1. The van der Waals surface area contributed by atoms with Crippen molar-refractivity contribution >= 4 is 23.2 Å². The molecule has 6 heteroatoms. The van der Waals surface area contributed by atoms with Crippen molar-refractivity contribution in [2.24, 2.45) is 0 Å². The average molecular weight is 231 g/mol. The van der Waals surface area contributed by atoms with Crippen LogP contribution >= 0.6 is 11.6 Å². The summed E-state index contributed by atoms with van der Waals surface area (Å²) in [6.07, 6.45) is -0.452. The summed E-state index contributed by atoms with van der Waals surface area (Å²) in [6.45, 7) is 0. The molecular weight excluding hydrogens is 226 g/mol. The van der Waals surface area contributed by atoms with Crippen LogP contribution in [0.4, 0.5) is 14.5 Å². The van der Waals surface area contributed by atoms with Gasteiger partial charge < -0.3 is 5.32 Å². The SMILES string of the molecule is N#CCC(=O)Nc1c(Cl)ccc(F)c1F. The number of rotatable bonds is 2. The van der Waals surface area contributed by atoms with E-state index in [1.165, 1.54) is 0 Å². The van der Waals surface area contributed by atoms with Gasteiger partial charge in [-0.3, -0.25) is 4.79 Å². The molecule has 0 radical (unpaired) electrons. The first-order valence-electron chi connectivity index (χ1n) is 3.86. The topological polar surface area (TPSA) is 52.9 Å². The molecule has 0 bridgehead atoms. The number of nitrogens with zero attached hydrogens (tertiary/aromatic N) is 1. The van der Waals surface area contributed by atoms with Gasteiger partial charge >= 0.3 is 0 Å². The second-order valence-electron chi connectivity index (χ2n) is 2.60. The highest BCUT2D eigenvalue weighted by Crippen LogP contribution is 2.26. The molecular formula is C9H5ClF2N2O. The molecule has 0 atom stereocenters. The van der Waals surface area contributed by atoms with Crippen molar-refractivity contribution in [2.75, 3.05) is 5.32 Å². The number of anilines is 1. The smallest absolute Gasteiger partial charge is 0.238 e. The number of carbonyl (C=O) groups excluding carboxylic acids is 1. The number of hydrogen-bond acceptors (Lipinski definition) is 2. The Labute approximate surface area is 89.3 Å². The Morgan fingerprint density at radius 2 is 2.20 bits per heavy atom. The second-order valence-corrected chi connectivity index (χ2v) is 3.01. The number of carbonyl (C=O) groups is 1. The number of hydrogen-bond donors (Lipinski definition) is 1. The van der Waals surface area contributed by atoms with Gasteiger partial charge in [-0.05, 0) is 12.1 Å². The van der Waals surface area contributed by atoms with Crippen LogP contribution in [0.5, 0.6) is 0 Å². The second kappa shape index (κ2) is 4.71. The van der Waals surface area contributed by atoms with Crippen LogP contribution in [0.25, 0.3) is 0 Å². The zero-order valence-electron chi connectivity index (χ0n) is 7.35. The van der Waals surface area contributed by atoms with Gasteiger partial charge in [0.05, 0.1) is 16.8 Å². The normalized spacial score (nSPS) is 9.47. The van der Waals surface area contributed by atoms with Gasteiger partial charge in [-0.2, -0.15) is 5.26 Å². The summed E-state index contributed by atoms with van der Waals surface area (Å²) >= 11 is 5.54. The molecule has 0 saturated heterocycles. The summed E-state index contributed by atoms with van der Waals surface area (Å²) in [7, 11) is 0. The number of halogens is 3.